The second-order valence-electron chi connectivity index (χ2n) is 12.0. The molecule has 6 aromatic rings. The lowest BCUT2D eigenvalue weighted by Crippen LogP contribution is -2.29. The van der Waals surface area contributed by atoms with Crippen LogP contribution in [0, 0.1) is 6.92 Å². The number of nitrogens with zero attached hydrogens (tertiary/aromatic N) is 3. The molecule has 0 radical (unpaired) electrons. The predicted molar refractivity (Wildman–Crippen MR) is 204 cm³/mol. The zero-order valence-electron chi connectivity index (χ0n) is 28.7. The van der Waals surface area contributed by atoms with Gasteiger partial charge in [0.15, 0.2) is 15.8 Å². The molecular formula is C41H35N3O6S2. The van der Waals surface area contributed by atoms with Crippen molar-refractivity contribution < 1.29 is 28.9 Å². The molecule has 9 nitrogen and oxygen atoms in total. The summed E-state index contributed by atoms with van der Waals surface area (Å²) in [5.41, 5.74) is 4.14. The Morgan fingerprint density at radius 3 is 2.40 bits per heavy atom. The molecule has 1 aromatic heterocycles. The van der Waals surface area contributed by atoms with E-state index in [1.807, 2.05) is 56.3 Å². The van der Waals surface area contributed by atoms with Gasteiger partial charge in [0, 0.05) is 11.3 Å². The number of Topliss-reactive ketones (excluding diaryl/α,β-unsaturated/α-hetero) is 1. The Labute approximate surface area is 309 Å². The number of aliphatic hydroxyl groups excluding tert-OH is 1. The molecule has 7 rings (SSSR count). The summed E-state index contributed by atoms with van der Waals surface area (Å²) in [4.78, 5) is 29.1. The minimum absolute atomic E-state index is 0.0787. The third-order valence-corrected chi connectivity index (χ3v) is 11.0. The molecule has 11 heteroatoms. The number of ketones is 1. The molecule has 0 bridgehead atoms. The number of rotatable bonds is 12. The Morgan fingerprint density at radius 1 is 0.865 bits per heavy atom. The Kier molecular flexibility index (Phi) is 10.2. The van der Waals surface area contributed by atoms with Gasteiger partial charge in [-0.3, -0.25) is 14.5 Å². The Hall–Kier alpha value is -5.65. The van der Waals surface area contributed by atoms with Crippen LogP contribution in [0.5, 0.6) is 17.2 Å². The van der Waals surface area contributed by atoms with E-state index in [0.717, 1.165) is 27.5 Å². The van der Waals surface area contributed by atoms with Gasteiger partial charge in [0.25, 0.3) is 5.78 Å². The fraction of sp³-hybridized carbons (Fsp3) is 0.171. The summed E-state index contributed by atoms with van der Waals surface area (Å²) in [6.45, 7) is 4.70. The van der Waals surface area contributed by atoms with Crippen molar-refractivity contribution in [1.82, 2.24) is 10.2 Å². The van der Waals surface area contributed by atoms with E-state index in [0.29, 0.717) is 51.7 Å². The lowest BCUT2D eigenvalue weighted by atomic mass is 9.95. The first kappa shape index (κ1) is 34.8. The highest BCUT2D eigenvalue weighted by molar-refractivity contribution is 8.00. The van der Waals surface area contributed by atoms with Gasteiger partial charge in [0.05, 0.1) is 25.3 Å². The number of hydrogen-bond donors (Lipinski definition) is 1. The van der Waals surface area contributed by atoms with Gasteiger partial charge in [0.2, 0.25) is 5.13 Å². The van der Waals surface area contributed by atoms with Crippen LogP contribution in [0.1, 0.15) is 40.8 Å². The normalized spacial score (nSPS) is 15.3. The lowest BCUT2D eigenvalue weighted by molar-refractivity contribution is -0.132. The Morgan fingerprint density at radius 2 is 1.62 bits per heavy atom. The number of hydrogen-bond acceptors (Lipinski definition) is 10. The highest BCUT2D eigenvalue weighted by Crippen LogP contribution is 2.46. The van der Waals surface area contributed by atoms with Crippen molar-refractivity contribution in [2.45, 2.75) is 36.6 Å². The molecule has 1 aliphatic heterocycles. The van der Waals surface area contributed by atoms with Crippen molar-refractivity contribution in [3.63, 3.8) is 0 Å². The molecule has 0 spiro atoms. The van der Waals surface area contributed by atoms with Gasteiger partial charge in [-0.2, -0.15) is 0 Å². The van der Waals surface area contributed by atoms with Crippen molar-refractivity contribution in [1.29, 1.82) is 0 Å². The number of benzene rings is 5. The van der Waals surface area contributed by atoms with E-state index in [4.69, 9.17) is 14.2 Å². The Balaban J connectivity index is 1.22. The number of thioether (sulfide) groups is 1. The van der Waals surface area contributed by atoms with Crippen LogP contribution in [0.3, 0.4) is 0 Å². The van der Waals surface area contributed by atoms with Gasteiger partial charge in [-0.25, -0.2) is 0 Å². The number of anilines is 1. The minimum atomic E-state index is -1.02. The second kappa shape index (κ2) is 15.3. The monoisotopic (exact) mass is 729 g/mol. The van der Waals surface area contributed by atoms with E-state index in [1.165, 1.54) is 35.1 Å². The second-order valence-corrected chi connectivity index (χ2v) is 14.2. The fourth-order valence-electron chi connectivity index (χ4n) is 6.19. The van der Waals surface area contributed by atoms with Crippen LogP contribution >= 0.6 is 23.1 Å². The molecule has 1 aliphatic rings. The summed E-state index contributed by atoms with van der Waals surface area (Å²) in [6.07, 6.45) is 0. The van der Waals surface area contributed by atoms with Crippen molar-refractivity contribution >= 4 is 56.5 Å². The molecule has 262 valence electrons. The van der Waals surface area contributed by atoms with Crippen LogP contribution in [0.15, 0.2) is 119 Å². The molecule has 1 saturated heterocycles. The molecule has 52 heavy (non-hydrogen) atoms. The molecule has 5 aromatic carbocycles. The number of aliphatic hydroxyl groups is 1. The van der Waals surface area contributed by atoms with Crippen LogP contribution in [0.25, 0.3) is 16.5 Å². The molecule has 1 N–H and O–H groups in total. The number of carbonyl (C=O) groups excluding carboxylic acids is 2. The average Bonchev–Trinajstić information content (AvgIpc) is 3.75. The number of aryl methyl sites for hydroxylation is 1. The summed E-state index contributed by atoms with van der Waals surface area (Å²) in [6, 6.07) is 33.3. The van der Waals surface area contributed by atoms with Gasteiger partial charge < -0.3 is 19.3 Å². The maximum absolute atomic E-state index is 13.9. The molecular weight excluding hydrogens is 695 g/mol. The zero-order chi connectivity index (χ0) is 36.2. The smallest absolute Gasteiger partial charge is 0.301 e. The lowest BCUT2D eigenvalue weighted by Gasteiger charge is -2.23. The third-order valence-electron chi connectivity index (χ3n) is 8.86. The quantitative estimate of drug-likeness (QED) is 0.0434. The summed E-state index contributed by atoms with van der Waals surface area (Å²) in [5, 5.41) is 23.1. The molecule has 1 amide bonds. The average molecular weight is 730 g/mol. The first-order chi connectivity index (χ1) is 25.4. The van der Waals surface area contributed by atoms with Crippen molar-refractivity contribution in [2.24, 2.45) is 0 Å². The number of ether oxygens (including phenoxy) is 3. The van der Waals surface area contributed by atoms with E-state index in [9.17, 15) is 14.7 Å². The molecule has 1 unspecified atom stereocenters. The van der Waals surface area contributed by atoms with E-state index in [1.54, 1.807) is 42.5 Å². The topological polar surface area (TPSA) is 111 Å². The molecule has 2 heterocycles. The highest BCUT2D eigenvalue weighted by Gasteiger charge is 2.48. The predicted octanol–water partition coefficient (Wildman–Crippen LogP) is 8.90. The van der Waals surface area contributed by atoms with E-state index < -0.39 is 17.7 Å². The summed E-state index contributed by atoms with van der Waals surface area (Å²) in [7, 11) is 1.52. The fourth-order valence-corrected chi connectivity index (χ4v) is 8.06. The van der Waals surface area contributed by atoms with Gasteiger partial charge in [0.1, 0.15) is 18.1 Å². The third kappa shape index (κ3) is 6.97. The first-order valence-electron chi connectivity index (χ1n) is 16.7. The molecule has 1 fully saturated rings. The molecule has 0 aliphatic carbocycles. The van der Waals surface area contributed by atoms with Gasteiger partial charge >= 0.3 is 5.91 Å². The largest absolute Gasteiger partial charge is 0.507 e. The minimum Gasteiger partial charge on any atom is -0.507 e. The molecule has 0 saturated carbocycles. The van der Waals surface area contributed by atoms with Crippen LogP contribution in [-0.4, -0.2) is 40.7 Å². The van der Waals surface area contributed by atoms with Gasteiger partial charge in [-0.15, -0.1) is 10.2 Å². The van der Waals surface area contributed by atoms with Gasteiger partial charge in [-0.05, 0) is 83.3 Å². The van der Waals surface area contributed by atoms with E-state index in [-0.39, 0.29) is 16.5 Å². The van der Waals surface area contributed by atoms with E-state index >= 15 is 0 Å². The summed E-state index contributed by atoms with van der Waals surface area (Å²) < 4.78 is 18.0. The van der Waals surface area contributed by atoms with Crippen molar-refractivity contribution in [3.05, 3.63) is 143 Å². The van der Waals surface area contributed by atoms with Crippen LogP contribution in [-0.2, 0) is 21.9 Å². The highest BCUT2D eigenvalue weighted by atomic mass is 32.2. The van der Waals surface area contributed by atoms with Crippen LogP contribution < -0.4 is 19.1 Å². The van der Waals surface area contributed by atoms with Crippen molar-refractivity contribution in [2.75, 3.05) is 18.6 Å². The number of fused-ring (bicyclic) bond motifs is 1. The maximum atomic E-state index is 13.9. The number of amides is 1. The van der Waals surface area contributed by atoms with Crippen molar-refractivity contribution in [3.8, 4) is 17.2 Å². The van der Waals surface area contributed by atoms with E-state index in [2.05, 4.69) is 34.5 Å². The first-order valence-corrected chi connectivity index (χ1v) is 18.5. The number of aromatic nitrogens is 2. The zero-order valence-corrected chi connectivity index (χ0v) is 30.4. The Bertz CT molecular complexity index is 2300. The summed E-state index contributed by atoms with van der Waals surface area (Å²) >= 11 is 2.71. The maximum Gasteiger partial charge on any atom is 0.301 e. The molecule has 1 atom stereocenters. The standard InChI is InChI=1S/C41H35N3O6S2/c1-4-49-33-21-18-28(22-34(33)48-3)36-35(37(45)27-16-19-31(20-17-27)50-23-29-12-6-5-10-25(29)2)38(46)39(47)44(36)40-42-43-41(52-40)51-24-30-14-9-13-26-11-7-8-15-32(26)30/h5-22,36,45H,4,23-24H2,1-3H3/b37-35+. The number of methoxy groups -OCH3 is 1. The SMILES string of the molecule is CCOc1ccc(C2/C(=C(\O)c3ccc(OCc4ccccc4C)cc3)C(=O)C(=O)N2c2nnc(SCc3cccc4ccccc34)s2)cc1OC. The van der Waals surface area contributed by atoms with Gasteiger partial charge in [-0.1, -0.05) is 95.9 Å². The summed E-state index contributed by atoms with van der Waals surface area (Å²) in [5.74, 6) is 0.182. The number of carbonyl (C=O) groups is 2. The van der Waals surface area contributed by atoms with Crippen LogP contribution in [0.2, 0.25) is 0 Å². The van der Waals surface area contributed by atoms with Crippen LogP contribution in [0.4, 0.5) is 5.13 Å².